The minimum absolute atomic E-state index is 0.811. The molecular weight excluding hydrogens is 929 g/mol. The van der Waals surface area contributed by atoms with E-state index in [2.05, 4.69) is 276 Å². The van der Waals surface area contributed by atoms with Crippen LogP contribution >= 0.6 is 0 Å². The van der Waals surface area contributed by atoms with Gasteiger partial charge < -0.3 is 27.8 Å². The summed E-state index contributed by atoms with van der Waals surface area (Å²) >= 11 is 0. The van der Waals surface area contributed by atoms with Crippen LogP contribution in [0.4, 0.5) is 34.1 Å². The monoisotopic (exact) mass is 974 g/mol. The van der Waals surface area contributed by atoms with Gasteiger partial charge in [0.1, 0.15) is 22.3 Å². The van der Waals surface area contributed by atoms with Crippen LogP contribution in [0.3, 0.4) is 0 Å². The van der Waals surface area contributed by atoms with E-state index in [1.807, 2.05) is 0 Å². The van der Waals surface area contributed by atoms with Gasteiger partial charge in [-0.15, -0.1) is 0 Å². The summed E-state index contributed by atoms with van der Waals surface area (Å²) in [6, 6.07) is 87.6. The third-order valence-electron chi connectivity index (χ3n) is 16.0. The van der Waals surface area contributed by atoms with Gasteiger partial charge in [0.15, 0.2) is 0 Å². The summed E-state index contributed by atoms with van der Waals surface area (Å²) in [5.74, 6) is 0. The van der Waals surface area contributed by atoms with Crippen LogP contribution in [-0.2, 0) is 14.1 Å². The Morgan fingerprint density at radius 2 is 0.671 bits per heavy atom. The molecular formula is C70H46N4O2. The maximum Gasteiger partial charge on any atom is 0.147 e. The summed E-state index contributed by atoms with van der Waals surface area (Å²) in [5, 5.41) is 13.7. The Morgan fingerprint density at radius 1 is 0.276 bits per heavy atom. The summed E-state index contributed by atoms with van der Waals surface area (Å²) in [4.78, 5) is 4.71. The predicted molar refractivity (Wildman–Crippen MR) is 319 cm³/mol. The van der Waals surface area contributed by atoms with Crippen molar-refractivity contribution < 1.29 is 8.83 Å². The number of nitrogens with zero attached hydrogens (tertiary/aromatic N) is 4. The van der Waals surface area contributed by atoms with Crippen molar-refractivity contribution in [2.45, 2.75) is 0 Å². The Kier molecular flexibility index (Phi) is 9.07. The number of aromatic nitrogens is 2. The van der Waals surface area contributed by atoms with Gasteiger partial charge in [-0.25, -0.2) is 0 Å². The zero-order valence-corrected chi connectivity index (χ0v) is 41.7. The maximum absolute atomic E-state index is 7.08. The number of para-hydroxylation sites is 4. The van der Waals surface area contributed by atoms with Gasteiger partial charge in [0.25, 0.3) is 0 Å². The molecule has 76 heavy (non-hydrogen) atoms. The fourth-order valence-electron chi connectivity index (χ4n) is 12.4. The zero-order valence-electron chi connectivity index (χ0n) is 41.7. The van der Waals surface area contributed by atoms with Crippen LogP contribution in [-0.4, -0.2) is 9.13 Å². The molecule has 358 valence electrons. The minimum atomic E-state index is 0.811. The van der Waals surface area contributed by atoms with Crippen molar-refractivity contribution >= 4 is 143 Å². The lowest BCUT2D eigenvalue weighted by molar-refractivity contribution is 0.658. The van der Waals surface area contributed by atoms with E-state index >= 15 is 0 Å². The standard InChI is InChI=1S/C70H46N4O2/c1-71-62-24-14-12-22-54(62)56-40-52(30-32-64(56)71)73(48-18-8-4-9-19-48)50-28-26-44-36-58-60-42-61-59-37-45-27-29-51(74(49-20-10-5-11-21-49)53-31-33-65-57(41-53)55-23-13-15-25-63(55)72(65)2)35-47(45)39-67(59)76-70(61)68(43-16-6-3-7-17-43)69(60)75-66(58)38-46(44)34-50/h3-42H,1-2H3. The highest BCUT2D eigenvalue weighted by Crippen LogP contribution is 2.48. The highest BCUT2D eigenvalue weighted by molar-refractivity contribution is 6.24. The van der Waals surface area contributed by atoms with Crippen molar-refractivity contribution in [3.8, 4) is 11.1 Å². The molecule has 0 atom stereocenters. The number of hydrogen-bond acceptors (Lipinski definition) is 4. The van der Waals surface area contributed by atoms with Crippen LogP contribution in [0.5, 0.6) is 0 Å². The average molecular weight is 975 g/mol. The first kappa shape index (κ1) is 42.5. The lowest BCUT2D eigenvalue weighted by Crippen LogP contribution is -2.09. The second-order valence-electron chi connectivity index (χ2n) is 20.2. The van der Waals surface area contributed by atoms with Gasteiger partial charge in [-0.05, 0) is 155 Å². The second kappa shape index (κ2) is 16.2. The van der Waals surface area contributed by atoms with E-state index in [-0.39, 0.29) is 0 Å². The SMILES string of the molecule is Cn1c2ccccc2c2cc(N(c3ccccc3)c3ccc4cc5c(cc4c3)oc3c(-c4ccccc4)c4oc6cc7cc(N(c8ccccc8)c8ccc9c(c8)c8ccccc8n9C)ccc7cc6c4cc35)ccc21. The summed E-state index contributed by atoms with van der Waals surface area (Å²) in [7, 11) is 4.30. The Bertz CT molecular complexity index is 4730. The summed E-state index contributed by atoms with van der Waals surface area (Å²) in [6.07, 6.45) is 0. The Morgan fingerprint density at radius 3 is 1.14 bits per heavy atom. The molecule has 0 spiro atoms. The predicted octanol–water partition coefficient (Wildman–Crippen LogP) is 19.7. The topological polar surface area (TPSA) is 42.6 Å². The van der Waals surface area contributed by atoms with Gasteiger partial charge in [-0.3, -0.25) is 0 Å². The zero-order chi connectivity index (χ0) is 50.2. The van der Waals surface area contributed by atoms with Crippen molar-refractivity contribution in [1.29, 1.82) is 0 Å². The average Bonchev–Trinajstić information content (AvgIpc) is 4.19. The Labute approximate surface area is 436 Å². The molecule has 0 N–H and O–H groups in total. The molecule has 0 bridgehead atoms. The van der Waals surface area contributed by atoms with Crippen LogP contribution in [0.25, 0.3) is 120 Å². The maximum atomic E-state index is 7.08. The van der Waals surface area contributed by atoms with Crippen LogP contribution in [0.1, 0.15) is 0 Å². The molecule has 0 amide bonds. The lowest BCUT2D eigenvalue weighted by Gasteiger charge is -2.26. The number of hydrogen-bond donors (Lipinski definition) is 0. The molecule has 0 saturated carbocycles. The van der Waals surface area contributed by atoms with Crippen LogP contribution < -0.4 is 9.80 Å². The molecule has 4 heterocycles. The number of benzene rings is 12. The van der Waals surface area contributed by atoms with Crippen molar-refractivity contribution in [2.75, 3.05) is 9.80 Å². The molecule has 0 aliphatic carbocycles. The van der Waals surface area contributed by atoms with E-state index in [4.69, 9.17) is 8.83 Å². The van der Waals surface area contributed by atoms with E-state index in [1.54, 1.807) is 0 Å². The Balaban J connectivity index is 0.844. The van der Waals surface area contributed by atoms with Gasteiger partial charge in [-0.2, -0.15) is 0 Å². The van der Waals surface area contributed by atoms with Gasteiger partial charge in [0.2, 0.25) is 0 Å². The first-order chi connectivity index (χ1) is 37.5. The van der Waals surface area contributed by atoms with Crippen LogP contribution in [0.2, 0.25) is 0 Å². The molecule has 4 aromatic heterocycles. The number of fused-ring (bicyclic) bond motifs is 14. The van der Waals surface area contributed by atoms with Crippen molar-refractivity contribution in [3.05, 3.63) is 243 Å². The molecule has 16 rings (SSSR count). The number of rotatable bonds is 7. The minimum Gasteiger partial charge on any atom is -0.455 e. The third-order valence-corrected chi connectivity index (χ3v) is 16.0. The first-order valence-corrected chi connectivity index (χ1v) is 25.9. The summed E-state index contributed by atoms with van der Waals surface area (Å²) < 4.78 is 18.7. The molecule has 0 saturated heterocycles. The van der Waals surface area contributed by atoms with E-state index in [1.165, 1.54) is 43.6 Å². The first-order valence-electron chi connectivity index (χ1n) is 25.9. The van der Waals surface area contributed by atoms with Gasteiger partial charge in [0, 0.05) is 113 Å². The molecule has 0 unspecified atom stereocenters. The van der Waals surface area contributed by atoms with Crippen LogP contribution in [0.15, 0.2) is 251 Å². The normalized spacial score (nSPS) is 12.1. The largest absolute Gasteiger partial charge is 0.455 e. The summed E-state index contributed by atoms with van der Waals surface area (Å²) in [5.41, 5.74) is 16.6. The molecule has 6 heteroatoms. The number of anilines is 6. The van der Waals surface area contributed by atoms with Crippen molar-refractivity contribution in [2.24, 2.45) is 14.1 Å². The highest BCUT2D eigenvalue weighted by Gasteiger charge is 2.24. The van der Waals surface area contributed by atoms with E-state index in [0.29, 0.717) is 0 Å². The van der Waals surface area contributed by atoms with Crippen LogP contribution in [0, 0.1) is 0 Å². The second-order valence-corrected chi connectivity index (χ2v) is 20.2. The molecule has 0 aliphatic rings. The molecule has 0 radical (unpaired) electrons. The lowest BCUT2D eigenvalue weighted by atomic mass is 9.97. The fraction of sp³-hybridized carbons (Fsp3) is 0.0286. The van der Waals surface area contributed by atoms with E-state index < -0.39 is 0 Å². The van der Waals surface area contributed by atoms with Gasteiger partial charge in [-0.1, -0.05) is 115 Å². The third kappa shape index (κ3) is 6.34. The van der Waals surface area contributed by atoms with Crippen molar-refractivity contribution in [1.82, 2.24) is 9.13 Å². The number of furan rings is 2. The molecule has 0 aliphatic heterocycles. The molecule has 6 nitrogen and oxygen atoms in total. The highest BCUT2D eigenvalue weighted by atomic mass is 16.3. The molecule has 12 aromatic carbocycles. The quantitative estimate of drug-likeness (QED) is 0.160. The van der Waals surface area contributed by atoms with E-state index in [9.17, 15) is 0 Å². The van der Waals surface area contributed by atoms with Gasteiger partial charge in [0.05, 0.1) is 5.56 Å². The molecule has 0 fully saturated rings. The van der Waals surface area contributed by atoms with E-state index in [0.717, 1.165) is 111 Å². The number of aryl methyl sites for hydroxylation is 2. The van der Waals surface area contributed by atoms with Crippen molar-refractivity contribution in [3.63, 3.8) is 0 Å². The summed E-state index contributed by atoms with van der Waals surface area (Å²) in [6.45, 7) is 0. The molecule has 16 aromatic rings. The fourth-order valence-corrected chi connectivity index (χ4v) is 12.4. The van der Waals surface area contributed by atoms with Gasteiger partial charge >= 0.3 is 0 Å². The Hall–Kier alpha value is -10.0. The smallest absolute Gasteiger partial charge is 0.147 e.